The Morgan fingerprint density at radius 1 is 1.18 bits per heavy atom. The second kappa shape index (κ2) is 14.9. The highest BCUT2D eigenvalue weighted by Gasteiger charge is 2.24. The van der Waals surface area contributed by atoms with E-state index in [1.807, 2.05) is 38.4 Å². The number of piperidine rings is 1. The van der Waals surface area contributed by atoms with Gasteiger partial charge in [-0.25, -0.2) is 9.97 Å². The van der Waals surface area contributed by atoms with Crippen molar-refractivity contribution < 1.29 is 4.74 Å². The highest BCUT2D eigenvalue weighted by atomic mass is 32.2. The van der Waals surface area contributed by atoms with Gasteiger partial charge in [0, 0.05) is 48.6 Å². The van der Waals surface area contributed by atoms with Crippen LogP contribution in [-0.2, 0) is 4.74 Å². The third-order valence-electron chi connectivity index (χ3n) is 7.01. The van der Waals surface area contributed by atoms with Crippen molar-refractivity contribution in [2.75, 3.05) is 25.5 Å². The number of allylic oxidation sites excluding steroid dienone is 3. The molecular weight excluding hydrogens is 502 g/mol. The maximum atomic E-state index is 7.02. The van der Waals surface area contributed by atoms with Gasteiger partial charge in [0.2, 0.25) is 5.95 Å². The molecule has 0 amide bonds. The zero-order chi connectivity index (χ0) is 28.4. The molecule has 0 spiro atoms. The molecule has 1 saturated heterocycles. The molecule has 2 aromatic rings. The number of nitrogens with one attached hydrogen (secondary N) is 3. The Hall–Kier alpha value is -3.03. The summed E-state index contributed by atoms with van der Waals surface area (Å²) in [6.07, 6.45) is 5.86. The molecule has 0 saturated carbocycles. The molecule has 0 aliphatic carbocycles. The summed E-state index contributed by atoms with van der Waals surface area (Å²) < 4.78 is 7.02. The molecule has 0 bridgehead atoms. The molecule has 3 N–H and O–H groups in total. The molecule has 0 radical (unpaired) electrons. The van der Waals surface area contributed by atoms with Crippen molar-refractivity contribution >= 4 is 34.1 Å². The molecule has 2 atom stereocenters. The summed E-state index contributed by atoms with van der Waals surface area (Å²) in [4.78, 5) is 11.5. The Balaban J connectivity index is 2.15. The number of hydrogen-bond donors (Lipinski definition) is 3. The number of nitrogens with zero attached hydrogens (tertiary/aromatic N) is 2. The molecule has 2 heterocycles. The van der Waals surface area contributed by atoms with Gasteiger partial charge in [0.05, 0.1) is 10.6 Å². The van der Waals surface area contributed by atoms with E-state index in [4.69, 9.17) is 9.72 Å². The lowest BCUT2D eigenvalue weighted by atomic mass is 9.99. The standard InChI is InChI=1S/C32H45N5OS/c1-9-22(5)29(27-16-12-11-15-26(27)24(7)33-8)38-30(23(6)10-2)31(39-21(3)4)28-17-19-35-32(37-28)36-25-14-13-18-34-20-25/h11-12,15-17,19,23,25,33-34H,3,7,9-10,13-14,18,20H2,1-2,4-6,8H3,(H,35,36,37)/b29-22+,31-30+. The largest absolute Gasteiger partial charge is 0.460 e. The molecule has 210 valence electrons. The van der Waals surface area contributed by atoms with Gasteiger partial charge in [-0.1, -0.05) is 70.0 Å². The van der Waals surface area contributed by atoms with Crippen LogP contribution in [0.2, 0.25) is 0 Å². The first-order valence-electron chi connectivity index (χ1n) is 14.0. The Bertz CT molecular complexity index is 1210. The van der Waals surface area contributed by atoms with Gasteiger partial charge >= 0.3 is 0 Å². The second-order valence-corrected chi connectivity index (χ2v) is 11.4. The monoisotopic (exact) mass is 547 g/mol. The predicted molar refractivity (Wildman–Crippen MR) is 169 cm³/mol. The van der Waals surface area contributed by atoms with Crippen molar-refractivity contribution in [2.45, 2.75) is 66.3 Å². The summed E-state index contributed by atoms with van der Waals surface area (Å²) in [6, 6.07) is 10.6. The maximum Gasteiger partial charge on any atom is 0.223 e. The highest BCUT2D eigenvalue weighted by Crippen LogP contribution is 2.41. The van der Waals surface area contributed by atoms with Crippen molar-refractivity contribution in [1.82, 2.24) is 20.6 Å². The van der Waals surface area contributed by atoms with Crippen molar-refractivity contribution in [3.63, 3.8) is 0 Å². The van der Waals surface area contributed by atoms with E-state index in [9.17, 15) is 0 Å². The fourth-order valence-corrected chi connectivity index (χ4v) is 5.30. The Kier molecular flexibility index (Phi) is 11.7. The maximum absolute atomic E-state index is 7.02. The minimum atomic E-state index is 0.153. The van der Waals surface area contributed by atoms with Crippen LogP contribution in [0.4, 0.5) is 5.95 Å². The van der Waals surface area contributed by atoms with E-state index in [-0.39, 0.29) is 5.92 Å². The van der Waals surface area contributed by atoms with Crippen molar-refractivity contribution in [2.24, 2.45) is 5.92 Å². The highest BCUT2D eigenvalue weighted by molar-refractivity contribution is 8.11. The Morgan fingerprint density at radius 2 is 1.92 bits per heavy atom. The minimum absolute atomic E-state index is 0.153. The Morgan fingerprint density at radius 3 is 2.54 bits per heavy atom. The molecule has 1 aliphatic heterocycles. The zero-order valence-electron chi connectivity index (χ0n) is 24.5. The van der Waals surface area contributed by atoms with Gasteiger partial charge in [-0.2, -0.15) is 0 Å². The van der Waals surface area contributed by atoms with E-state index in [2.05, 4.69) is 73.9 Å². The van der Waals surface area contributed by atoms with E-state index >= 15 is 0 Å². The number of thioether (sulfide) groups is 1. The van der Waals surface area contributed by atoms with Gasteiger partial charge in [0.15, 0.2) is 0 Å². The van der Waals surface area contributed by atoms with Crippen LogP contribution in [0, 0.1) is 5.92 Å². The summed E-state index contributed by atoms with van der Waals surface area (Å²) in [5.74, 6) is 2.54. The summed E-state index contributed by atoms with van der Waals surface area (Å²) >= 11 is 1.61. The van der Waals surface area contributed by atoms with Crippen molar-refractivity contribution in [3.8, 4) is 0 Å². The van der Waals surface area contributed by atoms with E-state index < -0.39 is 0 Å². The van der Waals surface area contributed by atoms with Gasteiger partial charge in [0.1, 0.15) is 11.5 Å². The van der Waals surface area contributed by atoms with Crippen LogP contribution in [0.3, 0.4) is 0 Å². The van der Waals surface area contributed by atoms with Crippen LogP contribution in [0.25, 0.3) is 16.4 Å². The summed E-state index contributed by atoms with van der Waals surface area (Å²) in [7, 11) is 1.90. The number of aromatic nitrogens is 2. The van der Waals surface area contributed by atoms with Crippen LogP contribution >= 0.6 is 11.8 Å². The quantitative estimate of drug-likeness (QED) is 0.222. The molecule has 39 heavy (non-hydrogen) atoms. The van der Waals surface area contributed by atoms with Gasteiger partial charge in [0.25, 0.3) is 0 Å². The first-order valence-corrected chi connectivity index (χ1v) is 14.8. The molecule has 1 aliphatic rings. The van der Waals surface area contributed by atoms with Gasteiger partial charge < -0.3 is 20.7 Å². The lowest BCUT2D eigenvalue weighted by Crippen LogP contribution is -2.38. The number of ether oxygens (including phenoxy) is 1. The molecule has 3 rings (SSSR count). The summed E-state index contributed by atoms with van der Waals surface area (Å²) in [5.41, 5.74) is 4.90. The molecule has 1 aromatic carbocycles. The Labute approximate surface area is 239 Å². The molecule has 1 fully saturated rings. The van der Waals surface area contributed by atoms with Crippen molar-refractivity contribution in [1.29, 1.82) is 0 Å². The van der Waals surface area contributed by atoms with E-state index in [0.29, 0.717) is 12.0 Å². The molecular formula is C32H45N5OS. The summed E-state index contributed by atoms with van der Waals surface area (Å²) in [5, 5.41) is 10.2. The topological polar surface area (TPSA) is 71.1 Å². The fraction of sp³-hybridized carbons (Fsp3) is 0.438. The molecule has 2 unspecified atom stereocenters. The second-order valence-electron chi connectivity index (χ2n) is 10.1. The fourth-order valence-electron chi connectivity index (χ4n) is 4.39. The molecule has 7 heteroatoms. The average molecular weight is 548 g/mol. The van der Waals surface area contributed by atoms with Crippen LogP contribution < -0.4 is 16.0 Å². The van der Waals surface area contributed by atoms with Gasteiger partial charge in [-0.3, -0.25) is 0 Å². The first kappa shape index (κ1) is 30.5. The number of hydrogen-bond acceptors (Lipinski definition) is 7. The third-order valence-corrected chi connectivity index (χ3v) is 7.97. The van der Waals surface area contributed by atoms with Crippen LogP contribution in [0.1, 0.15) is 77.1 Å². The average Bonchev–Trinajstić information content (AvgIpc) is 2.96. The lowest BCUT2D eigenvalue weighted by molar-refractivity contribution is 0.319. The lowest BCUT2D eigenvalue weighted by Gasteiger charge is -2.25. The number of rotatable bonds is 13. The number of anilines is 1. The molecule has 6 nitrogen and oxygen atoms in total. The number of benzene rings is 1. The normalized spacial score (nSPS) is 17.4. The van der Waals surface area contributed by atoms with E-state index in [1.54, 1.807) is 11.8 Å². The van der Waals surface area contributed by atoms with E-state index in [0.717, 1.165) is 82.6 Å². The smallest absolute Gasteiger partial charge is 0.223 e. The SMILES string of the molecule is C=C(C)S/C(=C(/O/C(=C(\C)CC)c1ccccc1C(=C)NC)C(C)CC)c1ccnc(NC2CCCNC2)n1. The van der Waals surface area contributed by atoms with Crippen LogP contribution in [0.5, 0.6) is 0 Å². The zero-order valence-corrected chi connectivity index (χ0v) is 25.3. The summed E-state index contributed by atoms with van der Waals surface area (Å²) in [6.45, 7) is 21.1. The predicted octanol–water partition coefficient (Wildman–Crippen LogP) is 7.67. The first-order chi connectivity index (χ1) is 18.8. The van der Waals surface area contributed by atoms with Crippen LogP contribution in [-0.4, -0.2) is 36.1 Å². The third kappa shape index (κ3) is 8.23. The van der Waals surface area contributed by atoms with Crippen molar-refractivity contribution in [3.05, 3.63) is 82.7 Å². The molecule has 1 aromatic heterocycles. The van der Waals surface area contributed by atoms with Gasteiger partial charge in [-0.05, 0) is 62.6 Å². The van der Waals surface area contributed by atoms with Crippen LogP contribution in [0.15, 0.2) is 65.9 Å². The minimum Gasteiger partial charge on any atom is -0.460 e. The van der Waals surface area contributed by atoms with E-state index in [1.165, 1.54) is 5.57 Å². The van der Waals surface area contributed by atoms with Gasteiger partial charge in [-0.15, -0.1) is 0 Å².